The van der Waals surface area contributed by atoms with Crippen LogP contribution in [0.1, 0.15) is 11.3 Å². The van der Waals surface area contributed by atoms with E-state index in [1.165, 1.54) is 0 Å². The first-order valence-electron chi connectivity index (χ1n) is 9.87. The molecule has 2 aromatic heterocycles. The average Bonchev–Trinajstić information content (AvgIpc) is 3.20. The second-order valence-electron chi connectivity index (χ2n) is 6.79. The Labute approximate surface area is 190 Å². The number of nitrogens with zero attached hydrogens (tertiary/aromatic N) is 4. The predicted molar refractivity (Wildman–Crippen MR) is 122 cm³/mol. The van der Waals surface area contributed by atoms with E-state index < -0.39 is 0 Å². The van der Waals surface area contributed by atoms with Crippen LogP contribution in [0.15, 0.2) is 72.9 Å². The van der Waals surface area contributed by atoms with Gasteiger partial charge < -0.3 is 10.1 Å². The van der Waals surface area contributed by atoms with Crippen molar-refractivity contribution >= 4 is 23.2 Å². The lowest BCUT2D eigenvalue weighted by molar-refractivity contribution is 0.302. The van der Waals surface area contributed by atoms with E-state index in [2.05, 4.69) is 10.3 Å². The molecule has 0 bridgehead atoms. The monoisotopic (exact) mass is 453 g/mol. The molecule has 0 radical (unpaired) electrons. The highest BCUT2D eigenvalue weighted by Gasteiger charge is 2.15. The molecule has 1 N–H and O–H groups in total. The molecule has 0 saturated carbocycles. The maximum atomic E-state index is 6.33. The van der Waals surface area contributed by atoms with E-state index in [1.54, 1.807) is 11.0 Å². The minimum atomic E-state index is 0.390. The van der Waals surface area contributed by atoms with Crippen LogP contribution in [0.4, 0.5) is 0 Å². The molecule has 0 unspecified atom stereocenters. The van der Waals surface area contributed by atoms with Crippen molar-refractivity contribution in [3.8, 4) is 17.1 Å². The number of pyridine rings is 1. The fourth-order valence-corrected chi connectivity index (χ4v) is 3.60. The fourth-order valence-electron chi connectivity index (χ4n) is 3.08. The third-order valence-corrected chi connectivity index (χ3v) is 5.30. The van der Waals surface area contributed by atoms with Crippen molar-refractivity contribution in [1.82, 2.24) is 25.3 Å². The summed E-state index contributed by atoms with van der Waals surface area (Å²) in [6.45, 7) is 2.09. The number of benzene rings is 2. The number of hydrogen-bond donors (Lipinski definition) is 1. The van der Waals surface area contributed by atoms with Gasteiger partial charge in [-0.15, -0.1) is 0 Å². The van der Waals surface area contributed by atoms with Gasteiger partial charge in [-0.05, 0) is 18.2 Å². The Balaban J connectivity index is 1.46. The second-order valence-corrected chi connectivity index (χ2v) is 7.60. The summed E-state index contributed by atoms with van der Waals surface area (Å²) in [6, 6.07) is 21.0. The van der Waals surface area contributed by atoms with Crippen LogP contribution in [0.3, 0.4) is 0 Å². The molecule has 0 fully saturated rings. The van der Waals surface area contributed by atoms with Gasteiger partial charge in [-0.25, -0.2) is 4.98 Å². The van der Waals surface area contributed by atoms with E-state index in [1.807, 2.05) is 66.7 Å². The molecule has 0 aliphatic rings. The zero-order valence-corrected chi connectivity index (χ0v) is 18.2. The van der Waals surface area contributed by atoms with E-state index >= 15 is 0 Å². The molecule has 0 spiro atoms. The molecule has 158 valence electrons. The van der Waals surface area contributed by atoms with Gasteiger partial charge in [-0.2, -0.15) is 15.0 Å². The van der Waals surface area contributed by atoms with Crippen LogP contribution < -0.4 is 10.1 Å². The average molecular weight is 454 g/mol. The molecule has 2 aromatic carbocycles. The predicted octanol–water partition coefficient (Wildman–Crippen LogP) is 4.86. The van der Waals surface area contributed by atoms with Gasteiger partial charge in [0.05, 0.1) is 6.54 Å². The van der Waals surface area contributed by atoms with Crippen LogP contribution in [-0.2, 0) is 13.1 Å². The van der Waals surface area contributed by atoms with Crippen molar-refractivity contribution in [3.05, 3.63) is 94.2 Å². The highest BCUT2D eigenvalue weighted by atomic mass is 35.5. The Hall–Kier alpha value is -2.93. The minimum absolute atomic E-state index is 0.390. The molecule has 4 rings (SSSR count). The Morgan fingerprint density at radius 3 is 2.39 bits per heavy atom. The van der Waals surface area contributed by atoms with Crippen molar-refractivity contribution in [1.29, 1.82) is 0 Å². The molecular formula is C23H21Cl2N5O. The second kappa shape index (κ2) is 10.4. The highest BCUT2D eigenvalue weighted by Crippen LogP contribution is 2.26. The molecule has 0 atom stereocenters. The number of aromatic nitrogens is 4. The largest absolute Gasteiger partial charge is 0.476 e. The van der Waals surface area contributed by atoms with Gasteiger partial charge in [-0.1, -0.05) is 65.7 Å². The lowest BCUT2D eigenvalue weighted by Crippen LogP contribution is -2.21. The molecule has 4 aromatic rings. The molecule has 0 amide bonds. The Bertz CT molecular complexity index is 1100. The van der Waals surface area contributed by atoms with Crippen LogP contribution in [-0.4, -0.2) is 33.1 Å². The first-order chi connectivity index (χ1) is 15.2. The van der Waals surface area contributed by atoms with Crippen LogP contribution >= 0.6 is 23.2 Å². The highest BCUT2D eigenvalue weighted by molar-refractivity contribution is 6.35. The van der Waals surface area contributed by atoms with E-state index in [-0.39, 0.29) is 0 Å². The van der Waals surface area contributed by atoms with Crippen LogP contribution in [0.25, 0.3) is 11.3 Å². The van der Waals surface area contributed by atoms with Gasteiger partial charge in [0.15, 0.2) is 0 Å². The van der Waals surface area contributed by atoms with Gasteiger partial charge in [0.25, 0.3) is 0 Å². The first kappa shape index (κ1) is 21.3. The molecule has 6 nitrogen and oxygen atoms in total. The standard InChI is InChI=1S/C23H21Cl2N5O/c24-19-9-6-10-20(25)18(19)16-30-28-21(23(29-30)17-7-2-1-3-8-17)15-26-13-14-31-22-11-4-5-12-27-22/h1-12,26H,13-16H2. The lowest BCUT2D eigenvalue weighted by atomic mass is 10.1. The van der Waals surface area contributed by atoms with Gasteiger partial charge in [-0.3, -0.25) is 0 Å². The van der Waals surface area contributed by atoms with Crippen molar-refractivity contribution in [2.45, 2.75) is 13.1 Å². The summed E-state index contributed by atoms with van der Waals surface area (Å²) in [5.74, 6) is 0.608. The van der Waals surface area contributed by atoms with E-state index in [4.69, 9.17) is 38.1 Å². The zero-order valence-electron chi connectivity index (χ0n) is 16.7. The quantitative estimate of drug-likeness (QED) is 0.366. The molecule has 2 heterocycles. The smallest absolute Gasteiger partial charge is 0.213 e. The summed E-state index contributed by atoms with van der Waals surface area (Å²) in [4.78, 5) is 5.78. The minimum Gasteiger partial charge on any atom is -0.476 e. The van der Waals surface area contributed by atoms with Crippen molar-refractivity contribution in [2.75, 3.05) is 13.2 Å². The number of nitrogens with one attached hydrogen (secondary N) is 1. The summed E-state index contributed by atoms with van der Waals surface area (Å²) in [5, 5.41) is 14.0. The summed E-state index contributed by atoms with van der Waals surface area (Å²) < 4.78 is 5.63. The van der Waals surface area contributed by atoms with Crippen LogP contribution in [0.5, 0.6) is 5.88 Å². The van der Waals surface area contributed by atoms with E-state index in [9.17, 15) is 0 Å². The van der Waals surface area contributed by atoms with Crippen LogP contribution in [0, 0.1) is 0 Å². The van der Waals surface area contributed by atoms with Gasteiger partial charge >= 0.3 is 0 Å². The van der Waals surface area contributed by atoms with Gasteiger partial charge in [0.1, 0.15) is 18.0 Å². The number of rotatable bonds is 9. The Kier molecular flexibility index (Phi) is 7.14. The molecule has 31 heavy (non-hydrogen) atoms. The Morgan fingerprint density at radius 2 is 1.65 bits per heavy atom. The maximum absolute atomic E-state index is 6.33. The Morgan fingerprint density at radius 1 is 0.871 bits per heavy atom. The third-order valence-electron chi connectivity index (χ3n) is 4.59. The fraction of sp³-hybridized carbons (Fsp3) is 0.174. The lowest BCUT2D eigenvalue weighted by Gasteiger charge is -2.06. The first-order valence-corrected chi connectivity index (χ1v) is 10.6. The zero-order chi connectivity index (χ0) is 21.5. The molecule has 0 saturated heterocycles. The number of halogens is 2. The van der Waals surface area contributed by atoms with Crippen molar-refractivity contribution < 1.29 is 4.74 Å². The summed E-state index contributed by atoms with van der Waals surface area (Å²) in [7, 11) is 0. The van der Waals surface area contributed by atoms with Gasteiger partial charge in [0.2, 0.25) is 5.88 Å². The van der Waals surface area contributed by atoms with Crippen LogP contribution in [0.2, 0.25) is 10.0 Å². The topological polar surface area (TPSA) is 64.9 Å². The number of ether oxygens (including phenoxy) is 1. The summed E-state index contributed by atoms with van der Waals surface area (Å²) >= 11 is 12.7. The summed E-state index contributed by atoms with van der Waals surface area (Å²) in [5.41, 5.74) is 3.46. The molecule has 8 heteroatoms. The van der Waals surface area contributed by atoms with Crippen molar-refractivity contribution in [3.63, 3.8) is 0 Å². The normalized spacial score (nSPS) is 10.9. The van der Waals surface area contributed by atoms with Crippen molar-refractivity contribution in [2.24, 2.45) is 0 Å². The molecular weight excluding hydrogens is 433 g/mol. The number of hydrogen-bond acceptors (Lipinski definition) is 5. The van der Waals surface area contributed by atoms with Gasteiger partial charge in [0, 0.05) is 46.5 Å². The molecule has 0 aliphatic carbocycles. The maximum Gasteiger partial charge on any atom is 0.213 e. The third kappa shape index (κ3) is 5.61. The van der Waals surface area contributed by atoms with E-state index in [0.717, 1.165) is 22.5 Å². The van der Waals surface area contributed by atoms with E-state index in [0.29, 0.717) is 42.2 Å². The SMILES string of the molecule is Clc1cccc(Cl)c1Cn1nc(CNCCOc2ccccn2)c(-c2ccccc2)n1. The molecule has 0 aliphatic heterocycles. The summed E-state index contributed by atoms with van der Waals surface area (Å²) in [6.07, 6.45) is 1.71.